The van der Waals surface area contributed by atoms with Gasteiger partial charge in [0.1, 0.15) is 0 Å². The summed E-state index contributed by atoms with van der Waals surface area (Å²) in [4.78, 5) is 2.74. The van der Waals surface area contributed by atoms with Crippen molar-refractivity contribution < 1.29 is 0 Å². The van der Waals surface area contributed by atoms with E-state index in [0.717, 1.165) is 18.5 Å². The Bertz CT molecular complexity index is 185. The minimum Gasteiger partial charge on any atom is -0.329 e. The van der Waals surface area contributed by atoms with Gasteiger partial charge in [-0.15, -0.1) is 0 Å². The van der Waals surface area contributed by atoms with Crippen LogP contribution in [0.1, 0.15) is 51.9 Å². The van der Waals surface area contributed by atoms with Gasteiger partial charge in [-0.1, -0.05) is 19.8 Å². The third kappa shape index (κ3) is 2.73. The molecule has 0 aromatic carbocycles. The van der Waals surface area contributed by atoms with Crippen LogP contribution < -0.4 is 5.73 Å². The molecule has 2 N–H and O–H groups in total. The first-order valence-electron chi connectivity index (χ1n) is 6.82. The number of rotatable bonds is 7. The molecule has 2 aliphatic rings. The lowest BCUT2D eigenvalue weighted by Crippen LogP contribution is -2.49. The van der Waals surface area contributed by atoms with Crippen LogP contribution in [0.5, 0.6) is 0 Å². The molecule has 2 nitrogen and oxygen atoms in total. The van der Waals surface area contributed by atoms with Crippen molar-refractivity contribution in [2.45, 2.75) is 64.0 Å². The fraction of sp³-hybridized carbons (Fsp3) is 1.00. The van der Waals surface area contributed by atoms with Crippen molar-refractivity contribution in [3.8, 4) is 0 Å². The Hall–Kier alpha value is -0.0800. The molecule has 1 atom stereocenters. The second kappa shape index (κ2) is 5.31. The Morgan fingerprint density at radius 3 is 2.40 bits per heavy atom. The van der Waals surface area contributed by atoms with Crippen LogP contribution in [0.2, 0.25) is 0 Å². The van der Waals surface area contributed by atoms with E-state index in [0.29, 0.717) is 6.04 Å². The lowest BCUT2D eigenvalue weighted by atomic mass is 9.79. The Morgan fingerprint density at radius 2 is 2.00 bits per heavy atom. The Balaban J connectivity index is 1.87. The summed E-state index contributed by atoms with van der Waals surface area (Å²) in [5.74, 6) is 0.924. The quantitative estimate of drug-likeness (QED) is 0.699. The van der Waals surface area contributed by atoms with E-state index in [4.69, 9.17) is 5.73 Å². The van der Waals surface area contributed by atoms with E-state index in [-0.39, 0.29) is 0 Å². The first-order valence-corrected chi connectivity index (χ1v) is 6.82. The topological polar surface area (TPSA) is 29.3 Å². The van der Waals surface area contributed by atoms with Gasteiger partial charge in [-0.05, 0) is 44.6 Å². The molecule has 2 saturated carbocycles. The van der Waals surface area contributed by atoms with Gasteiger partial charge >= 0.3 is 0 Å². The molecule has 0 radical (unpaired) electrons. The molecule has 0 spiro atoms. The van der Waals surface area contributed by atoms with Crippen LogP contribution in [0, 0.1) is 5.92 Å². The van der Waals surface area contributed by atoms with Crippen molar-refractivity contribution >= 4 is 0 Å². The van der Waals surface area contributed by atoms with Gasteiger partial charge < -0.3 is 5.73 Å². The predicted octanol–water partition coefficient (Wildman–Crippen LogP) is 2.38. The molecule has 0 aromatic rings. The summed E-state index contributed by atoms with van der Waals surface area (Å²) in [5.41, 5.74) is 5.98. The first kappa shape index (κ1) is 11.4. The molecule has 2 heteroatoms. The van der Waals surface area contributed by atoms with E-state index in [2.05, 4.69) is 11.8 Å². The molecule has 0 bridgehead atoms. The molecule has 0 saturated heterocycles. The van der Waals surface area contributed by atoms with Gasteiger partial charge in [0, 0.05) is 18.6 Å². The van der Waals surface area contributed by atoms with Crippen LogP contribution in [0.3, 0.4) is 0 Å². The minimum absolute atomic E-state index is 0.706. The highest BCUT2D eigenvalue weighted by atomic mass is 15.2. The van der Waals surface area contributed by atoms with Crippen LogP contribution in [0.25, 0.3) is 0 Å². The Kier molecular flexibility index (Phi) is 4.04. The minimum atomic E-state index is 0.706. The zero-order chi connectivity index (χ0) is 10.7. The molecule has 0 aromatic heterocycles. The molecule has 2 rings (SSSR count). The predicted molar refractivity (Wildman–Crippen MR) is 64.8 cm³/mol. The maximum Gasteiger partial charge on any atom is 0.0249 e. The van der Waals surface area contributed by atoms with Gasteiger partial charge in [-0.3, -0.25) is 4.90 Å². The number of hydrogen-bond acceptors (Lipinski definition) is 2. The van der Waals surface area contributed by atoms with E-state index in [1.54, 1.807) is 0 Å². The van der Waals surface area contributed by atoms with Crippen molar-refractivity contribution in [3.05, 3.63) is 0 Å². The third-order valence-electron chi connectivity index (χ3n) is 4.15. The van der Waals surface area contributed by atoms with Crippen LogP contribution in [0.15, 0.2) is 0 Å². The van der Waals surface area contributed by atoms with Gasteiger partial charge in [-0.2, -0.15) is 0 Å². The molecule has 88 valence electrons. The van der Waals surface area contributed by atoms with Crippen LogP contribution in [0.4, 0.5) is 0 Å². The molecule has 1 unspecified atom stereocenters. The standard InChI is InChI=1S/C13H26N2/c1-2-3-9-15(12-7-8-12)13(10-14)11-5-4-6-11/h11-13H,2-10,14H2,1H3. The molecule has 0 heterocycles. The first-order chi connectivity index (χ1) is 7.36. The molecule has 0 amide bonds. The monoisotopic (exact) mass is 210 g/mol. The lowest BCUT2D eigenvalue weighted by Gasteiger charge is -2.41. The molecular weight excluding hydrogens is 184 g/mol. The fourth-order valence-electron chi connectivity index (χ4n) is 2.79. The average Bonchev–Trinajstić information content (AvgIpc) is 2.97. The number of unbranched alkanes of at least 4 members (excludes halogenated alkanes) is 1. The number of nitrogens with zero attached hydrogens (tertiary/aromatic N) is 1. The highest BCUT2D eigenvalue weighted by Gasteiger charge is 2.38. The molecule has 2 fully saturated rings. The van der Waals surface area contributed by atoms with Crippen molar-refractivity contribution in [2.24, 2.45) is 11.7 Å². The summed E-state index contributed by atoms with van der Waals surface area (Å²) in [6.07, 6.45) is 9.80. The van der Waals surface area contributed by atoms with E-state index >= 15 is 0 Å². The fourth-order valence-corrected chi connectivity index (χ4v) is 2.79. The second-order valence-electron chi connectivity index (χ2n) is 5.32. The summed E-state index contributed by atoms with van der Waals surface area (Å²) in [5, 5.41) is 0. The lowest BCUT2D eigenvalue weighted by molar-refractivity contribution is 0.0920. The van der Waals surface area contributed by atoms with Crippen LogP contribution in [-0.4, -0.2) is 30.1 Å². The van der Waals surface area contributed by atoms with E-state index in [1.165, 1.54) is 51.5 Å². The highest BCUT2D eigenvalue weighted by molar-refractivity contribution is 4.93. The summed E-state index contributed by atoms with van der Waals surface area (Å²) in [6, 6.07) is 1.60. The molecule has 15 heavy (non-hydrogen) atoms. The number of hydrogen-bond donors (Lipinski definition) is 1. The van der Waals surface area contributed by atoms with Gasteiger partial charge in [0.15, 0.2) is 0 Å². The van der Waals surface area contributed by atoms with E-state index in [1.807, 2.05) is 0 Å². The van der Waals surface area contributed by atoms with Crippen molar-refractivity contribution in [1.29, 1.82) is 0 Å². The Morgan fingerprint density at radius 1 is 1.27 bits per heavy atom. The maximum absolute atomic E-state index is 5.98. The van der Waals surface area contributed by atoms with Crippen LogP contribution in [-0.2, 0) is 0 Å². The van der Waals surface area contributed by atoms with Crippen LogP contribution >= 0.6 is 0 Å². The zero-order valence-corrected chi connectivity index (χ0v) is 10.1. The number of nitrogens with two attached hydrogens (primary N) is 1. The van der Waals surface area contributed by atoms with Gasteiger partial charge in [0.05, 0.1) is 0 Å². The highest BCUT2D eigenvalue weighted by Crippen LogP contribution is 2.37. The van der Waals surface area contributed by atoms with Crippen molar-refractivity contribution in [2.75, 3.05) is 13.1 Å². The second-order valence-corrected chi connectivity index (χ2v) is 5.32. The smallest absolute Gasteiger partial charge is 0.0249 e. The zero-order valence-electron chi connectivity index (χ0n) is 10.1. The van der Waals surface area contributed by atoms with Gasteiger partial charge in [0.2, 0.25) is 0 Å². The normalized spacial score (nSPS) is 24.2. The molecule has 2 aliphatic carbocycles. The largest absolute Gasteiger partial charge is 0.329 e. The van der Waals surface area contributed by atoms with Crippen molar-refractivity contribution in [3.63, 3.8) is 0 Å². The van der Waals surface area contributed by atoms with Crippen molar-refractivity contribution in [1.82, 2.24) is 4.90 Å². The SMILES string of the molecule is CCCCN(C1CC1)C(CN)C1CCC1. The summed E-state index contributed by atoms with van der Waals surface area (Å²) in [6.45, 7) is 4.45. The average molecular weight is 210 g/mol. The summed E-state index contributed by atoms with van der Waals surface area (Å²) >= 11 is 0. The van der Waals surface area contributed by atoms with E-state index < -0.39 is 0 Å². The van der Waals surface area contributed by atoms with E-state index in [9.17, 15) is 0 Å². The van der Waals surface area contributed by atoms with Gasteiger partial charge in [-0.25, -0.2) is 0 Å². The van der Waals surface area contributed by atoms with Gasteiger partial charge in [0.25, 0.3) is 0 Å². The third-order valence-corrected chi connectivity index (χ3v) is 4.15. The summed E-state index contributed by atoms with van der Waals surface area (Å²) < 4.78 is 0. The molecule has 0 aliphatic heterocycles. The molecular formula is C13H26N2. The summed E-state index contributed by atoms with van der Waals surface area (Å²) in [7, 11) is 0. The maximum atomic E-state index is 5.98. The Labute approximate surface area is 94.2 Å².